The van der Waals surface area contributed by atoms with E-state index in [4.69, 9.17) is 4.74 Å². The van der Waals surface area contributed by atoms with Crippen molar-refractivity contribution in [3.05, 3.63) is 29.3 Å². The number of methoxy groups -OCH3 is 1. The molecule has 2 nitrogen and oxygen atoms in total. The SMILES string of the molecule is CCNC1CCC(C)(c2ccc(OC)cc2C)C1. The fourth-order valence-corrected chi connectivity index (χ4v) is 3.39. The molecule has 1 aliphatic rings. The molecule has 1 aromatic rings. The maximum absolute atomic E-state index is 5.29. The molecule has 0 amide bonds. The molecule has 0 saturated heterocycles. The Hall–Kier alpha value is -1.02. The summed E-state index contributed by atoms with van der Waals surface area (Å²) in [5, 5.41) is 3.59. The van der Waals surface area contributed by atoms with E-state index < -0.39 is 0 Å². The van der Waals surface area contributed by atoms with Crippen molar-refractivity contribution in [3.63, 3.8) is 0 Å². The molecule has 0 aromatic heterocycles. The van der Waals surface area contributed by atoms with Crippen molar-refractivity contribution in [2.24, 2.45) is 0 Å². The number of hydrogen-bond donors (Lipinski definition) is 1. The van der Waals surface area contributed by atoms with Gasteiger partial charge in [-0.3, -0.25) is 0 Å². The first-order chi connectivity index (χ1) is 8.59. The molecule has 1 N–H and O–H groups in total. The van der Waals surface area contributed by atoms with Crippen LogP contribution in [0.25, 0.3) is 0 Å². The van der Waals surface area contributed by atoms with Gasteiger partial charge in [0.2, 0.25) is 0 Å². The minimum atomic E-state index is 0.323. The lowest BCUT2D eigenvalue weighted by Crippen LogP contribution is -2.29. The molecule has 100 valence electrons. The molecule has 1 aliphatic carbocycles. The Labute approximate surface area is 111 Å². The van der Waals surface area contributed by atoms with E-state index in [1.165, 1.54) is 30.4 Å². The van der Waals surface area contributed by atoms with Crippen molar-refractivity contribution in [2.75, 3.05) is 13.7 Å². The lowest BCUT2D eigenvalue weighted by Gasteiger charge is -2.27. The van der Waals surface area contributed by atoms with E-state index in [0.717, 1.165) is 12.3 Å². The summed E-state index contributed by atoms with van der Waals surface area (Å²) in [5.41, 5.74) is 3.17. The van der Waals surface area contributed by atoms with Gasteiger partial charge in [0.25, 0.3) is 0 Å². The first-order valence-corrected chi connectivity index (χ1v) is 6.97. The molecule has 1 fully saturated rings. The number of hydrogen-bond acceptors (Lipinski definition) is 2. The fourth-order valence-electron chi connectivity index (χ4n) is 3.39. The summed E-state index contributed by atoms with van der Waals surface area (Å²) in [6, 6.07) is 7.18. The Balaban J connectivity index is 2.21. The van der Waals surface area contributed by atoms with E-state index in [9.17, 15) is 0 Å². The number of rotatable bonds is 4. The fraction of sp³-hybridized carbons (Fsp3) is 0.625. The molecule has 2 unspecified atom stereocenters. The zero-order chi connectivity index (χ0) is 13.2. The van der Waals surface area contributed by atoms with Crippen LogP contribution in [0.15, 0.2) is 18.2 Å². The monoisotopic (exact) mass is 247 g/mol. The van der Waals surface area contributed by atoms with E-state index in [0.29, 0.717) is 11.5 Å². The Kier molecular flexibility index (Phi) is 3.96. The Morgan fingerprint density at radius 3 is 2.83 bits per heavy atom. The van der Waals surface area contributed by atoms with Crippen molar-refractivity contribution in [1.82, 2.24) is 5.32 Å². The third-order valence-corrected chi connectivity index (χ3v) is 4.32. The first-order valence-electron chi connectivity index (χ1n) is 6.97. The minimum absolute atomic E-state index is 0.323. The van der Waals surface area contributed by atoms with Gasteiger partial charge in [-0.1, -0.05) is 19.9 Å². The van der Waals surface area contributed by atoms with E-state index >= 15 is 0 Å². The van der Waals surface area contributed by atoms with E-state index in [-0.39, 0.29) is 0 Å². The summed E-state index contributed by atoms with van der Waals surface area (Å²) in [4.78, 5) is 0. The maximum atomic E-state index is 5.29. The largest absolute Gasteiger partial charge is 0.497 e. The van der Waals surface area contributed by atoms with Crippen LogP contribution in [0.2, 0.25) is 0 Å². The Morgan fingerprint density at radius 2 is 2.22 bits per heavy atom. The molecule has 0 spiro atoms. The van der Waals surface area contributed by atoms with Gasteiger partial charge in [-0.2, -0.15) is 0 Å². The quantitative estimate of drug-likeness (QED) is 0.880. The number of benzene rings is 1. The molecular formula is C16H25NO. The summed E-state index contributed by atoms with van der Waals surface area (Å²) in [5.74, 6) is 0.959. The second-order valence-electron chi connectivity index (χ2n) is 5.74. The normalized spacial score (nSPS) is 27.4. The van der Waals surface area contributed by atoms with Crippen LogP contribution in [0, 0.1) is 6.92 Å². The molecule has 2 atom stereocenters. The van der Waals surface area contributed by atoms with Crippen LogP contribution >= 0.6 is 0 Å². The van der Waals surface area contributed by atoms with Crippen molar-refractivity contribution in [3.8, 4) is 5.75 Å². The molecule has 2 heteroatoms. The highest BCUT2D eigenvalue weighted by Gasteiger charge is 2.36. The van der Waals surface area contributed by atoms with Crippen LogP contribution in [-0.2, 0) is 5.41 Å². The van der Waals surface area contributed by atoms with Crippen LogP contribution in [0.4, 0.5) is 0 Å². The Bertz CT molecular complexity index is 416. The summed E-state index contributed by atoms with van der Waals surface area (Å²) in [7, 11) is 1.73. The van der Waals surface area contributed by atoms with Crippen LogP contribution in [-0.4, -0.2) is 19.7 Å². The van der Waals surface area contributed by atoms with Gasteiger partial charge in [0.1, 0.15) is 5.75 Å². The minimum Gasteiger partial charge on any atom is -0.497 e. The van der Waals surface area contributed by atoms with Gasteiger partial charge in [0.15, 0.2) is 0 Å². The molecule has 18 heavy (non-hydrogen) atoms. The third kappa shape index (κ3) is 2.54. The van der Waals surface area contributed by atoms with Crippen molar-refractivity contribution >= 4 is 0 Å². The first kappa shape index (κ1) is 13.4. The zero-order valence-corrected chi connectivity index (χ0v) is 12.0. The lowest BCUT2D eigenvalue weighted by molar-refractivity contribution is 0.412. The van der Waals surface area contributed by atoms with Gasteiger partial charge in [-0.25, -0.2) is 0 Å². The molecule has 1 saturated carbocycles. The summed E-state index contributed by atoms with van der Waals surface area (Å²) in [6.07, 6.45) is 3.81. The molecule has 2 rings (SSSR count). The molecular weight excluding hydrogens is 222 g/mol. The maximum Gasteiger partial charge on any atom is 0.119 e. The van der Waals surface area contributed by atoms with Gasteiger partial charge in [-0.05, 0) is 61.4 Å². The van der Waals surface area contributed by atoms with Crippen LogP contribution < -0.4 is 10.1 Å². The lowest BCUT2D eigenvalue weighted by atomic mass is 9.78. The van der Waals surface area contributed by atoms with Gasteiger partial charge in [-0.15, -0.1) is 0 Å². The molecule has 1 aromatic carbocycles. The summed E-state index contributed by atoms with van der Waals surface area (Å²) in [6.45, 7) is 7.86. The second-order valence-corrected chi connectivity index (χ2v) is 5.74. The predicted molar refractivity (Wildman–Crippen MR) is 76.4 cm³/mol. The smallest absolute Gasteiger partial charge is 0.119 e. The summed E-state index contributed by atoms with van der Waals surface area (Å²) >= 11 is 0. The van der Waals surface area contributed by atoms with Gasteiger partial charge in [0.05, 0.1) is 7.11 Å². The van der Waals surface area contributed by atoms with Crippen molar-refractivity contribution in [1.29, 1.82) is 0 Å². The van der Waals surface area contributed by atoms with Gasteiger partial charge >= 0.3 is 0 Å². The number of nitrogens with one attached hydrogen (secondary N) is 1. The standard InChI is InChI=1S/C16H25NO/c1-5-17-13-8-9-16(3,11-13)15-7-6-14(18-4)10-12(15)2/h6-7,10,13,17H,5,8-9,11H2,1-4H3. The van der Waals surface area contributed by atoms with Crippen molar-refractivity contribution < 1.29 is 4.74 Å². The van der Waals surface area contributed by atoms with Crippen LogP contribution in [0.3, 0.4) is 0 Å². The third-order valence-electron chi connectivity index (χ3n) is 4.32. The van der Waals surface area contributed by atoms with E-state index in [1.54, 1.807) is 7.11 Å². The van der Waals surface area contributed by atoms with Crippen LogP contribution in [0.1, 0.15) is 44.2 Å². The van der Waals surface area contributed by atoms with Gasteiger partial charge < -0.3 is 10.1 Å². The topological polar surface area (TPSA) is 21.3 Å². The van der Waals surface area contributed by atoms with E-state index in [1.807, 2.05) is 0 Å². The Morgan fingerprint density at radius 1 is 1.44 bits per heavy atom. The molecule has 0 radical (unpaired) electrons. The molecule has 0 heterocycles. The molecule has 0 bridgehead atoms. The van der Waals surface area contributed by atoms with Gasteiger partial charge in [0, 0.05) is 6.04 Å². The number of aryl methyl sites for hydroxylation is 1. The summed E-state index contributed by atoms with van der Waals surface area (Å²) < 4.78 is 5.29. The highest BCUT2D eigenvalue weighted by Crippen LogP contribution is 2.42. The van der Waals surface area contributed by atoms with Crippen LogP contribution in [0.5, 0.6) is 5.75 Å². The average molecular weight is 247 g/mol. The second kappa shape index (κ2) is 5.31. The highest BCUT2D eigenvalue weighted by atomic mass is 16.5. The van der Waals surface area contributed by atoms with Crippen molar-refractivity contribution in [2.45, 2.75) is 51.5 Å². The number of ether oxygens (including phenoxy) is 1. The average Bonchev–Trinajstić information content (AvgIpc) is 2.72. The highest BCUT2D eigenvalue weighted by molar-refractivity contribution is 5.40. The zero-order valence-electron chi connectivity index (χ0n) is 12.0. The van der Waals surface area contributed by atoms with E-state index in [2.05, 4.69) is 44.3 Å². The predicted octanol–water partition coefficient (Wildman–Crippen LogP) is 3.42. The molecule has 0 aliphatic heterocycles.